The number of nitrogens with one attached hydrogen (secondary N) is 1. The molecule has 0 aliphatic rings. The molecule has 6 heteroatoms. The molecule has 2 aromatic rings. The van der Waals surface area contributed by atoms with Crippen molar-refractivity contribution in [1.29, 1.82) is 0 Å². The van der Waals surface area contributed by atoms with Crippen molar-refractivity contribution in [3.05, 3.63) is 33.9 Å². The Kier molecular flexibility index (Phi) is 4.27. The van der Waals surface area contributed by atoms with Gasteiger partial charge in [0.15, 0.2) is 16.7 Å². The maximum absolute atomic E-state index is 5.97. The zero-order valence-electron chi connectivity index (χ0n) is 11.1. The van der Waals surface area contributed by atoms with Gasteiger partial charge in [0.2, 0.25) is 0 Å². The van der Waals surface area contributed by atoms with Crippen LogP contribution in [0.3, 0.4) is 0 Å². The zero-order valence-corrected chi connectivity index (χ0v) is 12.7. The van der Waals surface area contributed by atoms with E-state index in [0.29, 0.717) is 16.7 Å². The zero-order chi connectivity index (χ0) is 13.9. The molecule has 102 valence electrons. The molecule has 1 N–H and O–H groups in total. The van der Waals surface area contributed by atoms with Gasteiger partial charge in [0.1, 0.15) is 6.33 Å². The summed E-state index contributed by atoms with van der Waals surface area (Å²) in [6.07, 6.45) is 1.42. The molecule has 0 unspecified atom stereocenters. The van der Waals surface area contributed by atoms with E-state index in [9.17, 15) is 0 Å². The highest BCUT2D eigenvalue weighted by Crippen LogP contribution is 2.31. The average Bonchev–Trinajstić information content (AvgIpc) is 2.91. The summed E-state index contributed by atoms with van der Waals surface area (Å²) < 4.78 is 5.22. The second-order valence-corrected chi connectivity index (χ2v) is 6.07. The van der Waals surface area contributed by atoms with Crippen LogP contribution in [-0.4, -0.2) is 23.6 Å². The summed E-state index contributed by atoms with van der Waals surface area (Å²) in [4.78, 5) is 9.38. The van der Waals surface area contributed by atoms with E-state index in [1.54, 1.807) is 18.4 Å². The molecule has 0 fully saturated rings. The second-order valence-electron chi connectivity index (χ2n) is 4.76. The molecule has 0 bridgehead atoms. The van der Waals surface area contributed by atoms with Gasteiger partial charge in [-0.25, -0.2) is 9.97 Å². The SMILES string of the molecule is COc1c(Cl)ncnc1NCC(C)(C)c1cccs1. The van der Waals surface area contributed by atoms with Gasteiger partial charge in [0, 0.05) is 16.8 Å². The molecule has 0 saturated heterocycles. The summed E-state index contributed by atoms with van der Waals surface area (Å²) in [5.41, 5.74) is 0.0105. The van der Waals surface area contributed by atoms with Gasteiger partial charge in [-0.3, -0.25) is 0 Å². The predicted molar refractivity (Wildman–Crippen MR) is 79.4 cm³/mol. The number of anilines is 1. The number of halogens is 1. The van der Waals surface area contributed by atoms with Crippen molar-refractivity contribution < 1.29 is 4.74 Å². The molecule has 19 heavy (non-hydrogen) atoms. The highest BCUT2D eigenvalue weighted by atomic mass is 35.5. The Bertz CT molecular complexity index is 543. The van der Waals surface area contributed by atoms with E-state index in [1.165, 1.54) is 11.2 Å². The van der Waals surface area contributed by atoms with E-state index in [2.05, 4.69) is 46.6 Å². The molecule has 0 spiro atoms. The second kappa shape index (κ2) is 5.75. The van der Waals surface area contributed by atoms with Crippen LogP contribution in [0.4, 0.5) is 5.82 Å². The van der Waals surface area contributed by atoms with Gasteiger partial charge in [-0.2, -0.15) is 0 Å². The summed E-state index contributed by atoms with van der Waals surface area (Å²) in [5.74, 6) is 1.10. The molecule has 0 aliphatic carbocycles. The van der Waals surface area contributed by atoms with Crippen molar-refractivity contribution >= 4 is 28.8 Å². The Morgan fingerprint density at radius 3 is 2.84 bits per heavy atom. The quantitative estimate of drug-likeness (QED) is 0.857. The molecule has 4 nitrogen and oxygen atoms in total. The molecule has 0 amide bonds. The van der Waals surface area contributed by atoms with Crippen LogP contribution < -0.4 is 10.1 Å². The lowest BCUT2D eigenvalue weighted by Crippen LogP contribution is -2.27. The Balaban J connectivity index is 2.13. The summed E-state index contributed by atoms with van der Waals surface area (Å²) in [5, 5.41) is 5.68. The lowest BCUT2D eigenvalue weighted by molar-refractivity contribution is 0.412. The Hall–Kier alpha value is -1.33. The fourth-order valence-electron chi connectivity index (χ4n) is 1.71. The molecule has 0 atom stereocenters. The molecule has 0 radical (unpaired) electrons. The van der Waals surface area contributed by atoms with Crippen molar-refractivity contribution in [2.24, 2.45) is 0 Å². The maximum Gasteiger partial charge on any atom is 0.198 e. The lowest BCUT2D eigenvalue weighted by atomic mass is 9.91. The number of ether oxygens (including phenoxy) is 1. The first kappa shape index (κ1) is 14.1. The third kappa shape index (κ3) is 3.16. The van der Waals surface area contributed by atoms with E-state index in [-0.39, 0.29) is 5.41 Å². The van der Waals surface area contributed by atoms with Crippen molar-refractivity contribution in [1.82, 2.24) is 9.97 Å². The normalized spacial score (nSPS) is 11.4. The molecule has 0 aliphatic heterocycles. The van der Waals surface area contributed by atoms with Gasteiger partial charge in [0.25, 0.3) is 0 Å². The first-order valence-corrected chi connectivity index (χ1v) is 7.12. The third-order valence-corrected chi connectivity index (χ3v) is 4.36. The Morgan fingerprint density at radius 2 is 2.21 bits per heavy atom. The van der Waals surface area contributed by atoms with Gasteiger partial charge in [0.05, 0.1) is 7.11 Å². The topological polar surface area (TPSA) is 47.0 Å². The first-order chi connectivity index (χ1) is 9.04. The summed E-state index contributed by atoms with van der Waals surface area (Å²) >= 11 is 7.71. The number of methoxy groups -OCH3 is 1. The lowest BCUT2D eigenvalue weighted by Gasteiger charge is -2.24. The monoisotopic (exact) mass is 297 g/mol. The van der Waals surface area contributed by atoms with Gasteiger partial charge >= 0.3 is 0 Å². The van der Waals surface area contributed by atoms with Crippen LogP contribution in [0.15, 0.2) is 23.8 Å². The van der Waals surface area contributed by atoms with Crippen molar-refractivity contribution in [2.45, 2.75) is 19.3 Å². The van der Waals surface area contributed by atoms with E-state index >= 15 is 0 Å². The maximum atomic E-state index is 5.97. The summed E-state index contributed by atoms with van der Waals surface area (Å²) in [6, 6.07) is 4.19. The fraction of sp³-hybridized carbons (Fsp3) is 0.385. The van der Waals surface area contributed by atoms with Crippen LogP contribution in [0.2, 0.25) is 5.15 Å². The first-order valence-electron chi connectivity index (χ1n) is 5.87. The molecule has 2 rings (SSSR count). The summed E-state index contributed by atoms with van der Waals surface area (Å²) in [7, 11) is 1.56. The number of nitrogens with zero attached hydrogens (tertiary/aromatic N) is 2. The van der Waals surface area contributed by atoms with Gasteiger partial charge < -0.3 is 10.1 Å². The van der Waals surface area contributed by atoms with Gasteiger partial charge in [-0.15, -0.1) is 11.3 Å². The predicted octanol–water partition coefficient (Wildman–Crippen LogP) is 3.59. The van der Waals surface area contributed by atoms with Crippen LogP contribution >= 0.6 is 22.9 Å². The minimum absolute atomic E-state index is 0.0105. The molecular weight excluding hydrogens is 282 g/mol. The third-order valence-electron chi connectivity index (χ3n) is 2.85. The van der Waals surface area contributed by atoms with Gasteiger partial charge in [-0.05, 0) is 11.4 Å². The standard InChI is InChI=1S/C13H16ClN3OS/c1-13(2,9-5-4-6-19-9)7-15-12-10(18-3)11(14)16-8-17-12/h4-6,8H,7H2,1-3H3,(H,15,16,17). The Morgan fingerprint density at radius 1 is 1.42 bits per heavy atom. The van der Waals surface area contributed by atoms with E-state index in [0.717, 1.165) is 6.54 Å². The Labute approximate surface area is 121 Å². The van der Waals surface area contributed by atoms with E-state index in [1.807, 2.05) is 0 Å². The highest BCUT2D eigenvalue weighted by Gasteiger charge is 2.22. The van der Waals surface area contributed by atoms with Crippen LogP contribution in [-0.2, 0) is 5.41 Å². The van der Waals surface area contributed by atoms with Crippen molar-refractivity contribution in [3.63, 3.8) is 0 Å². The molecule has 0 aromatic carbocycles. The minimum Gasteiger partial charge on any atom is -0.490 e. The summed E-state index contributed by atoms with van der Waals surface area (Å²) in [6.45, 7) is 5.10. The number of aromatic nitrogens is 2. The molecule has 0 saturated carbocycles. The fourth-order valence-corrected chi connectivity index (χ4v) is 2.78. The van der Waals surface area contributed by atoms with E-state index in [4.69, 9.17) is 16.3 Å². The number of rotatable bonds is 5. The smallest absolute Gasteiger partial charge is 0.198 e. The van der Waals surface area contributed by atoms with Gasteiger partial charge in [-0.1, -0.05) is 31.5 Å². The van der Waals surface area contributed by atoms with Crippen LogP contribution in [0, 0.1) is 0 Å². The van der Waals surface area contributed by atoms with Crippen molar-refractivity contribution in [3.8, 4) is 5.75 Å². The average molecular weight is 298 g/mol. The molecule has 2 heterocycles. The largest absolute Gasteiger partial charge is 0.490 e. The number of thiophene rings is 1. The number of hydrogen-bond acceptors (Lipinski definition) is 5. The molecular formula is C13H16ClN3OS. The van der Waals surface area contributed by atoms with Crippen molar-refractivity contribution in [2.75, 3.05) is 19.0 Å². The van der Waals surface area contributed by atoms with Crippen LogP contribution in [0.25, 0.3) is 0 Å². The number of hydrogen-bond donors (Lipinski definition) is 1. The van der Waals surface area contributed by atoms with E-state index < -0.39 is 0 Å². The van der Waals surface area contributed by atoms with Crippen LogP contribution in [0.1, 0.15) is 18.7 Å². The van der Waals surface area contributed by atoms with Crippen LogP contribution in [0.5, 0.6) is 5.75 Å². The highest BCUT2D eigenvalue weighted by molar-refractivity contribution is 7.10. The minimum atomic E-state index is 0.0105. The molecule has 2 aromatic heterocycles.